The SMILES string of the molecule is CCOC(=O)c1cc(-c2ccc([NH+]=CN)cc2)oc1C. The Morgan fingerprint density at radius 3 is 2.70 bits per heavy atom. The van der Waals surface area contributed by atoms with Crippen LogP contribution in [0.1, 0.15) is 23.0 Å². The highest BCUT2D eigenvalue weighted by atomic mass is 16.5. The second-order valence-corrected chi connectivity index (χ2v) is 4.19. The van der Waals surface area contributed by atoms with Crippen LogP contribution in [0.2, 0.25) is 0 Å². The summed E-state index contributed by atoms with van der Waals surface area (Å²) in [6, 6.07) is 9.23. The zero-order valence-electron chi connectivity index (χ0n) is 11.5. The Hall–Kier alpha value is -2.56. The molecule has 5 nitrogen and oxygen atoms in total. The van der Waals surface area contributed by atoms with E-state index in [4.69, 9.17) is 14.9 Å². The third-order valence-corrected chi connectivity index (χ3v) is 2.83. The number of hydrogen-bond acceptors (Lipinski definition) is 3. The summed E-state index contributed by atoms with van der Waals surface area (Å²) in [5.74, 6) is 0.820. The molecule has 1 aromatic carbocycles. The Labute approximate surface area is 117 Å². The molecule has 0 radical (unpaired) electrons. The highest BCUT2D eigenvalue weighted by Gasteiger charge is 2.16. The van der Waals surface area contributed by atoms with Gasteiger partial charge in [0.1, 0.15) is 22.8 Å². The highest BCUT2D eigenvalue weighted by molar-refractivity contribution is 5.91. The van der Waals surface area contributed by atoms with Crippen molar-refractivity contribution in [3.05, 3.63) is 41.7 Å². The number of carbonyl (C=O) groups excluding carboxylic acids is 1. The number of ether oxygens (including phenoxy) is 1. The summed E-state index contributed by atoms with van der Waals surface area (Å²) >= 11 is 0. The van der Waals surface area contributed by atoms with E-state index in [2.05, 4.69) is 4.99 Å². The molecule has 0 spiro atoms. The number of carbonyl (C=O) groups is 1. The fourth-order valence-electron chi connectivity index (χ4n) is 1.86. The van der Waals surface area contributed by atoms with Crippen LogP contribution in [-0.4, -0.2) is 18.9 Å². The van der Waals surface area contributed by atoms with Crippen LogP contribution < -0.4 is 10.7 Å². The number of benzene rings is 1. The van der Waals surface area contributed by atoms with Crippen LogP contribution in [0.5, 0.6) is 0 Å². The minimum Gasteiger partial charge on any atom is -0.462 e. The van der Waals surface area contributed by atoms with Gasteiger partial charge in [0.15, 0.2) is 0 Å². The van der Waals surface area contributed by atoms with Crippen LogP contribution in [0.25, 0.3) is 11.3 Å². The van der Waals surface area contributed by atoms with Crippen LogP contribution in [0.3, 0.4) is 0 Å². The molecule has 0 unspecified atom stereocenters. The zero-order chi connectivity index (χ0) is 14.5. The van der Waals surface area contributed by atoms with Crippen molar-refractivity contribution in [3.63, 3.8) is 0 Å². The van der Waals surface area contributed by atoms with Crippen LogP contribution in [0.4, 0.5) is 5.69 Å². The van der Waals surface area contributed by atoms with Gasteiger partial charge in [-0.2, -0.15) is 0 Å². The molecule has 0 saturated heterocycles. The van der Waals surface area contributed by atoms with E-state index in [1.807, 2.05) is 24.3 Å². The van der Waals surface area contributed by atoms with E-state index in [9.17, 15) is 4.79 Å². The van der Waals surface area contributed by atoms with Gasteiger partial charge >= 0.3 is 5.97 Å². The minimum atomic E-state index is -0.365. The summed E-state index contributed by atoms with van der Waals surface area (Å²) in [6.07, 6.45) is 1.37. The lowest BCUT2D eigenvalue weighted by molar-refractivity contribution is -0.348. The lowest BCUT2D eigenvalue weighted by Gasteiger charge is -1.97. The van der Waals surface area contributed by atoms with Crippen LogP contribution >= 0.6 is 0 Å². The maximum atomic E-state index is 11.7. The predicted octanol–water partition coefficient (Wildman–Crippen LogP) is 1.13. The van der Waals surface area contributed by atoms with Gasteiger partial charge in [-0.3, -0.25) is 5.73 Å². The Bertz CT molecular complexity index is 627. The van der Waals surface area contributed by atoms with Gasteiger partial charge in [-0.05, 0) is 44.2 Å². The second kappa shape index (κ2) is 6.06. The molecule has 1 heterocycles. The van der Waals surface area contributed by atoms with Gasteiger partial charge in [0.25, 0.3) is 0 Å². The summed E-state index contributed by atoms with van der Waals surface area (Å²) in [4.78, 5) is 14.6. The molecule has 104 valence electrons. The standard InChI is InChI=1S/C15H16N2O3/c1-3-19-15(18)13-8-14(20-10(13)2)11-4-6-12(7-5-11)17-9-16/h4-9H,3H2,1-2H3,(H2,16,17)/p+1. The lowest BCUT2D eigenvalue weighted by atomic mass is 10.1. The Kier molecular flexibility index (Phi) is 4.20. The summed E-state index contributed by atoms with van der Waals surface area (Å²) in [7, 11) is 0. The molecular formula is C15H17N2O3+. The van der Waals surface area contributed by atoms with Crippen molar-refractivity contribution < 1.29 is 18.9 Å². The van der Waals surface area contributed by atoms with E-state index in [-0.39, 0.29) is 5.97 Å². The van der Waals surface area contributed by atoms with Crippen molar-refractivity contribution in [3.8, 4) is 11.3 Å². The Morgan fingerprint density at radius 2 is 2.10 bits per heavy atom. The normalized spacial score (nSPS) is 10.9. The fourth-order valence-corrected chi connectivity index (χ4v) is 1.86. The highest BCUT2D eigenvalue weighted by Crippen LogP contribution is 2.26. The van der Waals surface area contributed by atoms with Gasteiger partial charge < -0.3 is 9.15 Å². The maximum Gasteiger partial charge on any atom is 0.341 e. The average Bonchev–Trinajstić information content (AvgIpc) is 2.82. The molecule has 2 rings (SSSR count). The average molecular weight is 273 g/mol. The van der Waals surface area contributed by atoms with Crippen molar-refractivity contribution >= 4 is 18.0 Å². The van der Waals surface area contributed by atoms with E-state index < -0.39 is 0 Å². The smallest absolute Gasteiger partial charge is 0.341 e. The molecule has 0 bridgehead atoms. The molecule has 0 aliphatic heterocycles. The van der Waals surface area contributed by atoms with Crippen molar-refractivity contribution in [1.82, 2.24) is 0 Å². The first-order valence-electron chi connectivity index (χ1n) is 6.33. The number of nitrogens with one attached hydrogen (secondary N) is 1. The maximum absolute atomic E-state index is 11.7. The summed E-state index contributed by atoms with van der Waals surface area (Å²) in [5.41, 5.74) is 7.51. The fraction of sp³-hybridized carbons (Fsp3) is 0.200. The van der Waals surface area contributed by atoms with Gasteiger partial charge in [0.05, 0.1) is 6.61 Å². The molecule has 3 N–H and O–H groups in total. The van der Waals surface area contributed by atoms with E-state index in [1.165, 1.54) is 6.34 Å². The quantitative estimate of drug-likeness (QED) is 0.497. The van der Waals surface area contributed by atoms with Gasteiger partial charge in [-0.15, -0.1) is 0 Å². The largest absolute Gasteiger partial charge is 0.462 e. The molecule has 0 atom stereocenters. The van der Waals surface area contributed by atoms with E-state index in [0.29, 0.717) is 23.7 Å². The first-order valence-corrected chi connectivity index (χ1v) is 6.33. The summed E-state index contributed by atoms with van der Waals surface area (Å²) < 4.78 is 10.6. The van der Waals surface area contributed by atoms with Crippen LogP contribution in [0, 0.1) is 6.92 Å². The number of furan rings is 1. The van der Waals surface area contributed by atoms with Crippen molar-refractivity contribution in [2.24, 2.45) is 5.73 Å². The molecule has 0 aliphatic carbocycles. The lowest BCUT2D eigenvalue weighted by Crippen LogP contribution is -2.63. The first kappa shape index (κ1) is 13.9. The van der Waals surface area contributed by atoms with Crippen molar-refractivity contribution in [1.29, 1.82) is 0 Å². The molecule has 0 saturated carbocycles. The monoisotopic (exact) mass is 273 g/mol. The van der Waals surface area contributed by atoms with Gasteiger partial charge in [0.2, 0.25) is 6.34 Å². The molecule has 2 aromatic rings. The van der Waals surface area contributed by atoms with Gasteiger partial charge in [-0.1, -0.05) is 0 Å². The Balaban J connectivity index is 2.29. The molecule has 0 fully saturated rings. The number of rotatable bonds is 4. The van der Waals surface area contributed by atoms with Crippen LogP contribution in [0.15, 0.2) is 34.7 Å². The Morgan fingerprint density at radius 1 is 1.40 bits per heavy atom. The number of aryl methyl sites for hydroxylation is 1. The summed E-state index contributed by atoms with van der Waals surface area (Å²) in [6.45, 7) is 3.86. The summed E-state index contributed by atoms with van der Waals surface area (Å²) in [5, 5.41) is 0. The zero-order valence-corrected chi connectivity index (χ0v) is 11.5. The van der Waals surface area contributed by atoms with E-state index in [0.717, 1.165) is 11.3 Å². The number of nitrogens with two attached hydrogens (primary N) is 1. The molecule has 5 heteroatoms. The first-order chi connectivity index (χ1) is 9.65. The van der Waals surface area contributed by atoms with Crippen molar-refractivity contribution in [2.75, 3.05) is 6.61 Å². The molecule has 20 heavy (non-hydrogen) atoms. The van der Waals surface area contributed by atoms with E-state index >= 15 is 0 Å². The van der Waals surface area contributed by atoms with Crippen molar-refractivity contribution in [2.45, 2.75) is 13.8 Å². The number of esters is 1. The minimum absolute atomic E-state index is 0.342. The van der Waals surface area contributed by atoms with Crippen LogP contribution in [-0.2, 0) is 4.74 Å². The topological polar surface area (TPSA) is 79.4 Å². The molecule has 0 amide bonds. The van der Waals surface area contributed by atoms with Gasteiger partial charge in [-0.25, -0.2) is 9.79 Å². The second-order valence-electron chi connectivity index (χ2n) is 4.19. The third-order valence-electron chi connectivity index (χ3n) is 2.83. The third kappa shape index (κ3) is 2.88. The molecule has 0 aliphatic rings. The van der Waals surface area contributed by atoms with E-state index in [1.54, 1.807) is 19.9 Å². The molecule has 1 aromatic heterocycles. The molecular weight excluding hydrogens is 256 g/mol. The number of hydrogen-bond donors (Lipinski definition) is 2. The van der Waals surface area contributed by atoms with Gasteiger partial charge in [0, 0.05) is 5.56 Å². The predicted molar refractivity (Wildman–Crippen MR) is 75.7 cm³/mol.